The molecular formula is C31H30N2O5S. The van der Waals surface area contributed by atoms with Crippen LogP contribution in [-0.2, 0) is 9.59 Å². The van der Waals surface area contributed by atoms with E-state index < -0.39 is 17.7 Å². The Kier molecular flexibility index (Phi) is 6.91. The SMILES string of the molecule is Cc1cc2nc(N3C(=O)C(=O)/C(=C(/O)c4ccc(OCC(C)C)c(C)c4)C3c3ccc(O)cc3)sc2cc1C. The number of anilines is 1. The first-order chi connectivity index (χ1) is 18.5. The highest BCUT2D eigenvalue weighted by Gasteiger charge is 2.48. The van der Waals surface area contributed by atoms with Crippen molar-refractivity contribution in [1.82, 2.24) is 4.98 Å². The minimum Gasteiger partial charge on any atom is -0.508 e. The Morgan fingerprint density at radius 1 is 1.00 bits per heavy atom. The van der Waals surface area contributed by atoms with Gasteiger partial charge in [0.1, 0.15) is 17.3 Å². The van der Waals surface area contributed by atoms with E-state index >= 15 is 0 Å². The second-order valence-corrected chi connectivity index (χ2v) is 11.4. The monoisotopic (exact) mass is 542 g/mol. The number of thiazole rings is 1. The summed E-state index contributed by atoms with van der Waals surface area (Å²) in [5.74, 6) is -0.745. The average Bonchev–Trinajstić information content (AvgIpc) is 3.40. The highest BCUT2D eigenvalue weighted by Crippen LogP contribution is 2.45. The number of benzene rings is 3. The van der Waals surface area contributed by atoms with E-state index in [9.17, 15) is 19.8 Å². The van der Waals surface area contributed by atoms with Crippen molar-refractivity contribution in [3.05, 3.63) is 88.0 Å². The molecule has 5 rings (SSSR count). The molecule has 4 aromatic rings. The normalized spacial score (nSPS) is 17.0. The van der Waals surface area contributed by atoms with Crippen molar-refractivity contribution in [2.24, 2.45) is 5.92 Å². The maximum atomic E-state index is 13.5. The number of fused-ring (bicyclic) bond motifs is 1. The Labute approximate surface area is 231 Å². The van der Waals surface area contributed by atoms with E-state index in [0.29, 0.717) is 34.5 Å². The zero-order chi connectivity index (χ0) is 28.0. The Balaban J connectivity index is 1.65. The van der Waals surface area contributed by atoms with E-state index in [2.05, 4.69) is 13.8 Å². The summed E-state index contributed by atoms with van der Waals surface area (Å²) in [5, 5.41) is 21.7. The molecular weight excluding hydrogens is 512 g/mol. The number of phenols is 1. The van der Waals surface area contributed by atoms with E-state index in [4.69, 9.17) is 9.72 Å². The summed E-state index contributed by atoms with van der Waals surface area (Å²) in [5.41, 5.74) is 4.64. The van der Waals surface area contributed by atoms with Gasteiger partial charge >= 0.3 is 5.91 Å². The molecule has 3 aromatic carbocycles. The third-order valence-electron chi connectivity index (χ3n) is 6.87. The number of phenolic OH excluding ortho intramolecular Hbond substituents is 1. The second kappa shape index (κ2) is 10.2. The number of ether oxygens (including phenoxy) is 1. The minimum absolute atomic E-state index is 0.0347. The highest BCUT2D eigenvalue weighted by molar-refractivity contribution is 7.22. The lowest BCUT2D eigenvalue weighted by Gasteiger charge is -2.23. The van der Waals surface area contributed by atoms with E-state index in [-0.39, 0.29) is 17.1 Å². The van der Waals surface area contributed by atoms with E-state index in [0.717, 1.165) is 26.9 Å². The summed E-state index contributed by atoms with van der Waals surface area (Å²) in [6, 6.07) is 14.5. The van der Waals surface area contributed by atoms with Crippen LogP contribution in [-0.4, -0.2) is 33.5 Å². The van der Waals surface area contributed by atoms with Crippen molar-refractivity contribution in [3.63, 3.8) is 0 Å². The molecule has 1 fully saturated rings. The maximum Gasteiger partial charge on any atom is 0.301 e. The van der Waals surface area contributed by atoms with E-state index in [1.165, 1.54) is 28.4 Å². The molecule has 1 aliphatic rings. The number of aryl methyl sites for hydroxylation is 3. The van der Waals surface area contributed by atoms with Crippen molar-refractivity contribution in [2.45, 2.75) is 40.7 Å². The van der Waals surface area contributed by atoms with Crippen LogP contribution >= 0.6 is 11.3 Å². The van der Waals surface area contributed by atoms with Crippen LogP contribution in [0.1, 0.15) is 47.7 Å². The topological polar surface area (TPSA) is 100.0 Å². The summed E-state index contributed by atoms with van der Waals surface area (Å²) < 4.78 is 6.76. The quantitative estimate of drug-likeness (QED) is 0.162. The van der Waals surface area contributed by atoms with Gasteiger partial charge in [0.15, 0.2) is 5.13 Å². The number of aromatic nitrogens is 1. The zero-order valence-electron chi connectivity index (χ0n) is 22.5. The Hall–Kier alpha value is -4.17. The summed E-state index contributed by atoms with van der Waals surface area (Å²) in [6.07, 6.45) is 0. The molecule has 1 aromatic heterocycles. The Morgan fingerprint density at radius 2 is 1.69 bits per heavy atom. The number of aromatic hydroxyl groups is 1. The fourth-order valence-electron chi connectivity index (χ4n) is 4.64. The van der Waals surface area contributed by atoms with Gasteiger partial charge in [0.05, 0.1) is 28.4 Å². The van der Waals surface area contributed by atoms with Crippen LogP contribution in [0.3, 0.4) is 0 Å². The molecule has 1 atom stereocenters. The fraction of sp³-hybridized carbons (Fsp3) is 0.258. The van der Waals surface area contributed by atoms with Crippen LogP contribution in [0.5, 0.6) is 11.5 Å². The molecule has 0 radical (unpaired) electrons. The minimum atomic E-state index is -0.925. The van der Waals surface area contributed by atoms with Crippen LogP contribution in [0.25, 0.3) is 16.0 Å². The first kappa shape index (κ1) is 26.4. The molecule has 8 heteroatoms. The standard InChI is InChI=1S/C31H30N2O5S/c1-16(2)15-38-24-11-8-21(12-19(24)5)28(35)26-27(20-6-9-22(34)10-7-20)33(30(37)29(26)36)31-32-23-13-17(3)18(4)14-25(23)39-31/h6-14,16,27,34-35H,15H2,1-5H3/b28-26+. The zero-order valence-corrected chi connectivity index (χ0v) is 23.3. The molecule has 7 nitrogen and oxygen atoms in total. The first-order valence-electron chi connectivity index (χ1n) is 12.8. The average molecular weight is 543 g/mol. The number of carbonyl (C=O) groups is 2. The summed E-state index contributed by atoms with van der Waals surface area (Å²) >= 11 is 1.32. The van der Waals surface area contributed by atoms with Gasteiger partial charge in [-0.25, -0.2) is 4.98 Å². The highest BCUT2D eigenvalue weighted by atomic mass is 32.1. The van der Waals surface area contributed by atoms with Gasteiger partial charge in [0.2, 0.25) is 0 Å². The predicted molar refractivity (Wildman–Crippen MR) is 153 cm³/mol. The molecule has 1 aliphatic heterocycles. The van der Waals surface area contributed by atoms with Crippen LogP contribution in [0.2, 0.25) is 0 Å². The molecule has 2 N–H and O–H groups in total. The summed E-state index contributed by atoms with van der Waals surface area (Å²) in [6.45, 7) is 10.6. The van der Waals surface area contributed by atoms with Crippen LogP contribution in [0, 0.1) is 26.7 Å². The number of aliphatic hydroxyl groups excluding tert-OH is 1. The number of hydrogen-bond acceptors (Lipinski definition) is 7. The summed E-state index contributed by atoms with van der Waals surface area (Å²) in [7, 11) is 0. The smallest absolute Gasteiger partial charge is 0.301 e. The first-order valence-corrected chi connectivity index (χ1v) is 13.6. The molecule has 1 amide bonds. The lowest BCUT2D eigenvalue weighted by atomic mass is 9.95. The molecule has 200 valence electrons. The van der Waals surface area contributed by atoms with E-state index in [1.54, 1.807) is 30.3 Å². The second-order valence-electron chi connectivity index (χ2n) is 10.3. The van der Waals surface area contributed by atoms with Crippen LogP contribution in [0.15, 0.2) is 60.2 Å². The van der Waals surface area contributed by atoms with Gasteiger partial charge in [-0.15, -0.1) is 0 Å². The molecule has 0 aliphatic carbocycles. The van der Waals surface area contributed by atoms with E-state index in [1.807, 2.05) is 32.9 Å². The van der Waals surface area contributed by atoms with Crippen molar-refractivity contribution in [1.29, 1.82) is 0 Å². The van der Waals surface area contributed by atoms with Crippen molar-refractivity contribution in [3.8, 4) is 11.5 Å². The lowest BCUT2D eigenvalue weighted by molar-refractivity contribution is -0.132. The van der Waals surface area contributed by atoms with Crippen LogP contribution < -0.4 is 9.64 Å². The Morgan fingerprint density at radius 3 is 2.36 bits per heavy atom. The molecule has 0 saturated carbocycles. The largest absolute Gasteiger partial charge is 0.508 e. The fourth-order valence-corrected chi connectivity index (χ4v) is 5.72. The molecule has 1 unspecified atom stereocenters. The third-order valence-corrected chi connectivity index (χ3v) is 7.89. The van der Waals surface area contributed by atoms with Crippen molar-refractivity contribution >= 4 is 44.1 Å². The number of amides is 1. The number of carbonyl (C=O) groups excluding carboxylic acids is 2. The van der Waals surface area contributed by atoms with Gasteiger partial charge in [-0.2, -0.15) is 0 Å². The van der Waals surface area contributed by atoms with Gasteiger partial charge in [0.25, 0.3) is 5.78 Å². The number of hydrogen-bond donors (Lipinski definition) is 2. The number of Topliss-reactive ketones (excluding diaryl/α,β-unsaturated/α-hetero) is 1. The van der Waals surface area contributed by atoms with Crippen LogP contribution in [0.4, 0.5) is 5.13 Å². The molecule has 0 bridgehead atoms. The third kappa shape index (κ3) is 4.88. The molecule has 1 saturated heterocycles. The molecule has 39 heavy (non-hydrogen) atoms. The van der Waals surface area contributed by atoms with Crippen molar-refractivity contribution < 1.29 is 24.5 Å². The summed E-state index contributed by atoms with van der Waals surface area (Å²) in [4.78, 5) is 33.1. The van der Waals surface area contributed by atoms with Crippen molar-refractivity contribution in [2.75, 3.05) is 11.5 Å². The van der Waals surface area contributed by atoms with Gasteiger partial charge in [-0.05, 0) is 91.4 Å². The number of aliphatic hydroxyl groups is 1. The number of ketones is 1. The number of rotatable bonds is 6. The lowest BCUT2D eigenvalue weighted by Crippen LogP contribution is -2.29. The maximum absolute atomic E-state index is 13.5. The molecule has 2 heterocycles. The number of nitrogens with zero attached hydrogens (tertiary/aromatic N) is 2. The van der Waals surface area contributed by atoms with Gasteiger partial charge in [-0.1, -0.05) is 37.3 Å². The van der Waals surface area contributed by atoms with Gasteiger partial charge in [0, 0.05) is 5.56 Å². The predicted octanol–water partition coefficient (Wildman–Crippen LogP) is 6.59. The molecule has 0 spiro atoms. The van der Waals surface area contributed by atoms with Gasteiger partial charge in [-0.3, -0.25) is 14.5 Å². The Bertz CT molecular complexity index is 1600. The van der Waals surface area contributed by atoms with Gasteiger partial charge < -0.3 is 14.9 Å².